The normalized spacial score (nSPS) is 11.8. The van der Waals surface area contributed by atoms with Crippen LogP contribution in [0.3, 0.4) is 0 Å². The molecule has 0 unspecified atom stereocenters. The number of nitrogens with one attached hydrogen (secondary N) is 1. The van der Waals surface area contributed by atoms with Gasteiger partial charge in [0.05, 0.1) is 22.3 Å². The van der Waals surface area contributed by atoms with Crippen LogP contribution in [0.1, 0.15) is 43.5 Å². The Bertz CT molecular complexity index is 1140. The predicted octanol–water partition coefficient (Wildman–Crippen LogP) is 3.99. The summed E-state index contributed by atoms with van der Waals surface area (Å²) in [6.07, 6.45) is -2.28. The van der Waals surface area contributed by atoms with Crippen molar-refractivity contribution in [1.82, 2.24) is 19.7 Å². The minimum atomic E-state index is -4.73. The van der Waals surface area contributed by atoms with Crippen LogP contribution in [0, 0.1) is 6.92 Å². The van der Waals surface area contributed by atoms with Gasteiger partial charge in [0.2, 0.25) is 5.91 Å². The lowest BCUT2D eigenvalue weighted by molar-refractivity contribution is -0.136. The number of carbonyl (C=O) groups excluding carboxylic acids is 1. The second kappa shape index (κ2) is 8.95. The van der Waals surface area contributed by atoms with Gasteiger partial charge in [0, 0.05) is 12.6 Å². The minimum absolute atomic E-state index is 0.0489. The number of hydrogen-bond donors (Lipinski definition) is 1. The van der Waals surface area contributed by atoms with Crippen molar-refractivity contribution in [3.63, 3.8) is 0 Å². The van der Waals surface area contributed by atoms with Gasteiger partial charge in [-0.3, -0.25) is 14.2 Å². The van der Waals surface area contributed by atoms with Gasteiger partial charge in [-0.25, -0.2) is 4.68 Å². The van der Waals surface area contributed by atoms with Crippen LogP contribution < -0.4 is 10.9 Å². The van der Waals surface area contributed by atoms with Gasteiger partial charge < -0.3 is 5.32 Å². The quantitative estimate of drug-likeness (QED) is 0.572. The van der Waals surface area contributed by atoms with E-state index < -0.39 is 29.8 Å². The topological polar surface area (TPSA) is 68.9 Å². The van der Waals surface area contributed by atoms with Crippen molar-refractivity contribution < 1.29 is 18.0 Å². The lowest BCUT2D eigenvalue weighted by Gasteiger charge is -2.15. The maximum atomic E-state index is 13.7. The second-order valence-electron chi connectivity index (χ2n) is 7.40. The third kappa shape index (κ3) is 4.65. The zero-order valence-electron chi connectivity index (χ0n) is 17.7. The van der Waals surface area contributed by atoms with Gasteiger partial charge in [0.25, 0.3) is 5.56 Å². The van der Waals surface area contributed by atoms with Crippen LogP contribution in [-0.4, -0.2) is 26.8 Å². The van der Waals surface area contributed by atoms with Crippen molar-refractivity contribution in [1.29, 1.82) is 0 Å². The molecule has 31 heavy (non-hydrogen) atoms. The van der Waals surface area contributed by atoms with Crippen molar-refractivity contribution in [2.75, 3.05) is 6.54 Å². The number of hydrogen-bond acceptors (Lipinski definition) is 3. The largest absolute Gasteiger partial charge is 0.417 e. The van der Waals surface area contributed by atoms with Gasteiger partial charge in [0.1, 0.15) is 12.2 Å². The third-order valence-corrected chi connectivity index (χ3v) is 5.14. The Morgan fingerprint density at radius 2 is 1.84 bits per heavy atom. The summed E-state index contributed by atoms with van der Waals surface area (Å²) in [6, 6.07) is 7.72. The second-order valence-corrected chi connectivity index (χ2v) is 7.40. The SMILES string of the molecule is CCCCNC(=O)Cn1c(=O)cc(C(F)(F)F)c2c(C)nn(-c3ccc(CC)cc3)c21. The Balaban J connectivity index is 2.23. The van der Waals surface area contributed by atoms with Crippen LogP contribution in [0.4, 0.5) is 13.2 Å². The first-order valence-electron chi connectivity index (χ1n) is 10.2. The van der Waals surface area contributed by atoms with Crippen LogP contribution in [-0.2, 0) is 23.9 Å². The number of rotatable bonds is 7. The lowest BCUT2D eigenvalue weighted by atomic mass is 10.1. The smallest absolute Gasteiger partial charge is 0.355 e. The third-order valence-electron chi connectivity index (χ3n) is 5.14. The highest BCUT2D eigenvalue weighted by Crippen LogP contribution is 2.36. The van der Waals surface area contributed by atoms with E-state index in [9.17, 15) is 22.8 Å². The van der Waals surface area contributed by atoms with E-state index >= 15 is 0 Å². The standard InChI is InChI=1S/C22H25F3N4O2/c1-4-6-11-26-18(30)13-28-19(31)12-17(22(23,24)25)20-14(3)27-29(21(20)28)16-9-7-15(5-2)8-10-16/h7-10,12H,4-6,11,13H2,1-3H3,(H,26,30). The van der Waals surface area contributed by atoms with Crippen LogP contribution >= 0.6 is 0 Å². The lowest BCUT2D eigenvalue weighted by Crippen LogP contribution is -2.34. The van der Waals surface area contributed by atoms with E-state index in [1.54, 1.807) is 12.1 Å². The van der Waals surface area contributed by atoms with Gasteiger partial charge in [-0.05, 0) is 37.5 Å². The average Bonchev–Trinajstić information content (AvgIpc) is 3.06. The molecule has 0 aliphatic heterocycles. The minimum Gasteiger partial charge on any atom is -0.355 e. The summed E-state index contributed by atoms with van der Waals surface area (Å²) in [5.74, 6) is -0.441. The van der Waals surface area contributed by atoms with Crippen LogP contribution in [0.5, 0.6) is 0 Å². The molecule has 1 N–H and O–H groups in total. The summed E-state index contributed by atoms with van der Waals surface area (Å²) in [5, 5.41) is 6.81. The molecule has 1 amide bonds. The first-order valence-corrected chi connectivity index (χ1v) is 10.2. The molecule has 3 aromatic rings. The van der Waals surface area contributed by atoms with E-state index in [0.717, 1.165) is 29.4 Å². The molecule has 166 valence electrons. The number of fused-ring (bicyclic) bond motifs is 1. The van der Waals surface area contributed by atoms with Crippen molar-refractivity contribution in [2.24, 2.45) is 0 Å². The molecule has 3 rings (SSSR count). The summed E-state index contributed by atoms with van der Waals surface area (Å²) in [5.41, 5.74) is -0.315. The molecule has 0 radical (unpaired) electrons. The molecule has 0 spiro atoms. The number of benzene rings is 1. The van der Waals surface area contributed by atoms with E-state index in [2.05, 4.69) is 10.4 Å². The molecule has 0 bridgehead atoms. The zero-order chi connectivity index (χ0) is 22.8. The average molecular weight is 434 g/mol. The van der Waals surface area contributed by atoms with Crippen molar-refractivity contribution in [3.05, 3.63) is 57.5 Å². The summed E-state index contributed by atoms with van der Waals surface area (Å²) < 4.78 is 43.5. The van der Waals surface area contributed by atoms with Gasteiger partial charge in [0.15, 0.2) is 0 Å². The number of aromatic nitrogens is 3. The first kappa shape index (κ1) is 22.6. The van der Waals surface area contributed by atoms with E-state index in [-0.39, 0.29) is 16.7 Å². The Hall–Kier alpha value is -3.10. The number of aryl methyl sites for hydroxylation is 2. The highest BCUT2D eigenvalue weighted by atomic mass is 19.4. The van der Waals surface area contributed by atoms with Crippen molar-refractivity contribution >= 4 is 16.9 Å². The Morgan fingerprint density at radius 3 is 2.42 bits per heavy atom. The maximum absolute atomic E-state index is 13.7. The fourth-order valence-corrected chi connectivity index (χ4v) is 3.49. The summed E-state index contributed by atoms with van der Waals surface area (Å²) in [7, 11) is 0. The number of unbranched alkanes of at least 4 members (excludes halogenated alkanes) is 1. The van der Waals surface area contributed by atoms with Gasteiger partial charge >= 0.3 is 6.18 Å². The molecule has 2 heterocycles. The molecule has 0 aliphatic rings. The van der Waals surface area contributed by atoms with Crippen LogP contribution in [0.2, 0.25) is 0 Å². The molecule has 0 fully saturated rings. The molecule has 0 aliphatic carbocycles. The van der Waals surface area contributed by atoms with E-state index in [0.29, 0.717) is 18.3 Å². The van der Waals surface area contributed by atoms with Crippen molar-refractivity contribution in [3.8, 4) is 5.69 Å². The van der Waals surface area contributed by atoms with Gasteiger partial charge in [-0.1, -0.05) is 32.4 Å². The zero-order valence-corrected chi connectivity index (χ0v) is 17.7. The fraction of sp³-hybridized carbons (Fsp3) is 0.409. The predicted molar refractivity (Wildman–Crippen MR) is 112 cm³/mol. The summed E-state index contributed by atoms with van der Waals surface area (Å²) in [4.78, 5) is 25.1. The monoisotopic (exact) mass is 434 g/mol. The van der Waals surface area contributed by atoms with Crippen LogP contribution in [0.15, 0.2) is 35.1 Å². The van der Waals surface area contributed by atoms with E-state index in [1.165, 1.54) is 11.6 Å². The fourth-order valence-electron chi connectivity index (χ4n) is 3.49. The first-order chi connectivity index (χ1) is 14.7. The molecule has 1 aromatic carbocycles. The van der Waals surface area contributed by atoms with E-state index in [4.69, 9.17) is 0 Å². The van der Waals surface area contributed by atoms with E-state index in [1.807, 2.05) is 26.0 Å². The molecule has 0 atom stereocenters. The number of pyridine rings is 1. The summed E-state index contributed by atoms with van der Waals surface area (Å²) in [6.45, 7) is 5.47. The number of alkyl halides is 3. The number of nitrogens with zero attached hydrogens (tertiary/aromatic N) is 3. The Labute approximate surface area is 177 Å². The Morgan fingerprint density at radius 1 is 1.16 bits per heavy atom. The molecule has 0 saturated carbocycles. The Kier molecular flexibility index (Phi) is 6.52. The van der Waals surface area contributed by atoms with Gasteiger partial charge in [-0.2, -0.15) is 18.3 Å². The maximum Gasteiger partial charge on any atom is 0.417 e. The molecular weight excluding hydrogens is 409 g/mol. The molecule has 6 nitrogen and oxygen atoms in total. The number of carbonyl (C=O) groups is 1. The number of halogens is 3. The highest BCUT2D eigenvalue weighted by Gasteiger charge is 2.36. The molecular formula is C22H25F3N4O2. The van der Waals surface area contributed by atoms with Gasteiger partial charge in [-0.15, -0.1) is 0 Å². The highest BCUT2D eigenvalue weighted by molar-refractivity contribution is 5.86. The van der Waals surface area contributed by atoms with Crippen LogP contribution in [0.25, 0.3) is 16.7 Å². The number of amides is 1. The summed E-state index contributed by atoms with van der Waals surface area (Å²) >= 11 is 0. The molecule has 0 saturated heterocycles. The molecule has 2 aromatic heterocycles. The molecule has 9 heteroatoms. The van der Waals surface area contributed by atoms with Crippen molar-refractivity contribution in [2.45, 2.75) is 52.8 Å².